The van der Waals surface area contributed by atoms with Gasteiger partial charge in [0, 0.05) is 30.4 Å². The molecule has 2 aromatic rings. The van der Waals surface area contributed by atoms with Gasteiger partial charge in [0.1, 0.15) is 17.9 Å². The first-order valence-corrected chi connectivity index (χ1v) is 6.73. The molecule has 0 saturated carbocycles. The Morgan fingerprint density at radius 3 is 2.80 bits per heavy atom. The van der Waals surface area contributed by atoms with Crippen molar-refractivity contribution < 1.29 is 4.74 Å². The zero-order valence-corrected chi connectivity index (χ0v) is 12.5. The van der Waals surface area contributed by atoms with Gasteiger partial charge in [-0.15, -0.1) is 10.2 Å². The lowest BCUT2D eigenvalue weighted by atomic mass is 10.1. The third-order valence-corrected chi connectivity index (χ3v) is 3.36. The average Bonchev–Trinajstić information content (AvgIpc) is 2.89. The number of aromatic nitrogens is 4. The van der Waals surface area contributed by atoms with Crippen molar-refractivity contribution >= 4 is 0 Å². The molecule has 0 fully saturated rings. The van der Waals surface area contributed by atoms with E-state index in [1.165, 1.54) is 0 Å². The fraction of sp³-hybridized carbons (Fsp3) is 0.500. The minimum absolute atomic E-state index is 0.672. The first-order chi connectivity index (χ1) is 9.67. The smallest absolute Gasteiger partial charge is 0.146 e. The van der Waals surface area contributed by atoms with E-state index < -0.39 is 0 Å². The van der Waals surface area contributed by atoms with Gasteiger partial charge in [-0.1, -0.05) is 0 Å². The largest absolute Gasteiger partial charge is 0.496 e. The zero-order chi connectivity index (χ0) is 14.5. The maximum Gasteiger partial charge on any atom is 0.146 e. The number of ether oxygens (including phenoxy) is 1. The summed E-state index contributed by atoms with van der Waals surface area (Å²) in [7, 11) is 1.69. The highest BCUT2D eigenvalue weighted by molar-refractivity contribution is 5.40. The van der Waals surface area contributed by atoms with Crippen LogP contribution in [-0.2, 0) is 19.6 Å². The Morgan fingerprint density at radius 1 is 1.30 bits per heavy atom. The predicted octanol–water partition coefficient (Wildman–Crippen LogP) is 1.61. The minimum Gasteiger partial charge on any atom is -0.496 e. The van der Waals surface area contributed by atoms with Crippen molar-refractivity contribution in [1.82, 2.24) is 25.1 Å². The SMILES string of the molecule is CCn1cnnc1CNCc1ncc(C)c(OC)c1C. The van der Waals surface area contributed by atoms with E-state index in [0.717, 1.165) is 34.9 Å². The Kier molecular flexibility index (Phi) is 4.68. The molecule has 0 bridgehead atoms. The third-order valence-electron chi connectivity index (χ3n) is 3.36. The third kappa shape index (κ3) is 2.96. The van der Waals surface area contributed by atoms with Crippen molar-refractivity contribution in [3.63, 3.8) is 0 Å². The molecule has 6 nitrogen and oxygen atoms in total. The molecule has 0 atom stereocenters. The summed E-state index contributed by atoms with van der Waals surface area (Å²) in [5.41, 5.74) is 3.13. The summed E-state index contributed by atoms with van der Waals surface area (Å²) in [4.78, 5) is 4.46. The van der Waals surface area contributed by atoms with Crippen molar-refractivity contribution in [3.05, 3.63) is 35.2 Å². The molecule has 0 saturated heterocycles. The second kappa shape index (κ2) is 6.47. The molecule has 2 heterocycles. The van der Waals surface area contributed by atoms with Crippen LogP contribution in [0, 0.1) is 13.8 Å². The van der Waals surface area contributed by atoms with Crippen molar-refractivity contribution in [3.8, 4) is 5.75 Å². The van der Waals surface area contributed by atoms with Gasteiger partial charge >= 0.3 is 0 Å². The molecule has 0 unspecified atom stereocenters. The number of rotatable bonds is 6. The molecule has 20 heavy (non-hydrogen) atoms. The van der Waals surface area contributed by atoms with Crippen LogP contribution in [0.4, 0.5) is 0 Å². The fourth-order valence-electron chi connectivity index (χ4n) is 2.22. The van der Waals surface area contributed by atoms with Crippen molar-refractivity contribution in [2.45, 2.75) is 40.4 Å². The highest BCUT2D eigenvalue weighted by Crippen LogP contribution is 2.23. The van der Waals surface area contributed by atoms with E-state index in [9.17, 15) is 0 Å². The van der Waals surface area contributed by atoms with Crippen LogP contribution < -0.4 is 10.1 Å². The number of hydrogen-bond donors (Lipinski definition) is 1. The maximum atomic E-state index is 5.41. The minimum atomic E-state index is 0.672. The second-order valence-electron chi connectivity index (χ2n) is 4.68. The standard InChI is InChI=1S/C14H21N5O/c1-5-19-9-17-18-13(19)8-15-7-12-11(3)14(20-4)10(2)6-16-12/h6,9,15H,5,7-8H2,1-4H3. The number of nitrogens with one attached hydrogen (secondary N) is 1. The van der Waals surface area contributed by atoms with E-state index in [2.05, 4.69) is 27.4 Å². The molecule has 0 aliphatic heterocycles. The quantitative estimate of drug-likeness (QED) is 0.867. The molecule has 2 aromatic heterocycles. The highest BCUT2D eigenvalue weighted by atomic mass is 16.5. The molecular weight excluding hydrogens is 254 g/mol. The summed E-state index contributed by atoms with van der Waals surface area (Å²) < 4.78 is 7.43. The normalized spacial score (nSPS) is 10.8. The number of aryl methyl sites for hydroxylation is 2. The van der Waals surface area contributed by atoms with Crippen molar-refractivity contribution in [2.75, 3.05) is 7.11 Å². The molecule has 2 rings (SSSR count). The van der Waals surface area contributed by atoms with E-state index in [-0.39, 0.29) is 0 Å². The van der Waals surface area contributed by atoms with Crippen molar-refractivity contribution in [1.29, 1.82) is 0 Å². The van der Waals surface area contributed by atoms with Crippen LogP contribution in [0.5, 0.6) is 5.75 Å². The Hall–Kier alpha value is -1.95. The van der Waals surface area contributed by atoms with Crippen LogP contribution in [0.2, 0.25) is 0 Å². The number of nitrogens with zero attached hydrogens (tertiary/aromatic N) is 4. The van der Waals surface area contributed by atoms with Gasteiger partial charge in [0.05, 0.1) is 19.3 Å². The average molecular weight is 275 g/mol. The molecule has 0 aliphatic carbocycles. The summed E-state index contributed by atoms with van der Waals surface area (Å²) in [6, 6.07) is 0. The van der Waals surface area contributed by atoms with Crippen LogP contribution in [0.15, 0.2) is 12.5 Å². The molecule has 0 amide bonds. The summed E-state index contributed by atoms with van der Waals surface area (Å²) >= 11 is 0. The number of hydrogen-bond acceptors (Lipinski definition) is 5. The Labute approximate surface area is 119 Å². The molecule has 6 heteroatoms. The fourth-order valence-corrected chi connectivity index (χ4v) is 2.22. The van der Waals surface area contributed by atoms with E-state index in [1.807, 2.05) is 24.6 Å². The van der Waals surface area contributed by atoms with E-state index in [0.29, 0.717) is 13.1 Å². The van der Waals surface area contributed by atoms with Gasteiger partial charge in [0.15, 0.2) is 0 Å². The van der Waals surface area contributed by atoms with Crippen LogP contribution in [0.1, 0.15) is 29.6 Å². The first-order valence-electron chi connectivity index (χ1n) is 6.73. The number of methoxy groups -OCH3 is 1. The Balaban J connectivity index is 2.01. The van der Waals surface area contributed by atoms with Gasteiger partial charge in [-0.25, -0.2) is 0 Å². The molecule has 1 N–H and O–H groups in total. The van der Waals surface area contributed by atoms with Gasteiger partial charge in [-0.2, -0.15) is 0 Å². The van der Waals surface area contributed by atoms with Crippen LogP contribution >= 0.6 is 0 Å². The topological polar surface area (TPSA) is 64.9 Å². The Bertz CT molecular complexity index is 579. The van der Waals surface area contributed by atoms with Gasteiger partial charge in [-0.3, -0.25) is 4.98 Å². The molecule has 0 spiro atoms. The zero-order valence-electron chi connectivity index (χ0n) is 12.5. The highest BCUT2D eigenvalue weighted by Gasteiger charge is 2.09. The van der Waals surface area contributed by atoms with Gasteiger partial charge in [0.2, 0.25) is 0 Å². The summed E-state index contributed by atoms with van der Waals surface area (Å²) in [5, 5.41) is 11.4. The molecule has 108 valence electrons. The van der Waals surface area contributed by atoms with Crippen LogP contribution in [0.25, 0.3) is 0 Å². The Morgan fingerprint density at radius 2 is 2.10 bits per heavy atom. The first kappa shape index (κ1) is 14.5. The monoisotopic (exact) mass is 275 g/mol. The molecule has 0 radical (unpaired) electrons. The lowest BCUT2D eigenvalue weighted by Gasteiger charge is -2.12. The van der Waals surface area contributed by atoms with Crippen LogP contribution in [-0.4, -0.2) is 26.9 Å². The summed E-state index contributed by atoms with van der Waals surface area (Å²) in [5.74, 6) is 1.85. The van der Waals surface area contributed by atoms with Gasteiger partial charge in [-0.05, 0) is 20.8 Å². The van der Waals surface area contributed by atoms with E-state index >= 15 is 0 Å². The lowest BCUT2D eigenvalue weighted by molar-refractivity contribution is 0.406. The van der Waals surface area contributed by atoms with Gasteiger partial charge < -0.3 is 14.6 Å². The maximum absolute atomic E-state index is 5.41. The van der Waals surface area contributed by atoms with E-state index in [4.69, 9.17) is 4.74 Å². The molecule has 0 aromatic carbocycles. The lowest BCUT2D eigenvalue weighted by Crippen LogP contribution is -2.18. The predicted molar refractivity (Wildman–Crippen MR) is 76.5 cm³/mol. The van der Waals surface area contributed by atoms with Crippen molar-refractivity contribution in [2.24, 2.45) is 0 Å². The molecular formula is C14H21N5O. The van der Waals surface area contributed by atoms with Gasteiger partial charge in [0.25, 0.3) is 0 Å². The van der Waals surface area contributed by atoms with E-state index in [1.54, 1.807) is 13.4 Å². The summed E-state index contributed by atoms with van der Waals surface area (Å²) in [6.07, 6.45) is 3.59. The molecule has 0 aliphatic rings. The second-order valence-corrected chi connectivity index (χ2v) is 4.68. The summed E-state index contributed by atoms with van der Waals surface area (Å²) in [6.45, 7) is 8.33. The number of pyridine rings is 1. The van der Waals surface area contributed by atoms with Crippen LogP contribution in [0.3, 0.4) is 0 Å².